The van der Waals surface area contributed by atoms with Gasteiger partial charge >= 0.3 is 12.1 Å². The molecule has 0 heterocycles. The summed E-state index contributed by atoms with van der Waals surface area (Å²) in [5.74, 6) is 1.29. The normalized spacial score (nSPS) is 38.7. The van der Waals surface area contributed by atoms with Crippen molar-refractivity contribution in [1.29, 1.82) is 0 Å². The third kappa shape index (κ3) is 3.06. The molecule has 4 bridgehead atoms. The Morgan fingerprint density at radius 1 is 1.08 bits per heavy atom. The zero-order chi connectivity index (χ0) is 17.7. The highest BCUT2D eigenvalue weighted by Gasteiger charge is 2.57. The van der Waals surface area contributed by atoms with Gasteiger partial charge in [-0.25, -0.2) is 0 Å². The average molecular weight is 348 g/mol. The zero-order valence-corrected chi connectivity index (χ0v) is 14.6. The number of halogens is 3. The molecular formula is C18H27F3O3. The molecule has 2 atom stereocenters. The first-order valence-electron chi connectivity index (χ1n) is 9.07. The molecule has 2 unspecified atom stereocenters. The number of hydrogen-bond acceptors (Lipinski definition) is 3. The standard InChI is InChI=1S/C18H27F3O3/c1-4-17(3,18(19,20)21)16(22)24-10(2)23-15-13-6-11-5-12(8-13)9-14(15)7-11/h10-15H,4-9H2,1-3H3. The molecule has 0 aromatic rings. The maximum Gasteiger partial charge on any atom is 0.404 e. The number of carbonyl (C=O) groups is 1. The molecule has 0 aromatic heterocycles. The Labute approximate surface area is 141 Å². The first kappa shape index (κ1) is 18.0. The minimum atomic E-state index is -4.62. The van der Waals surface area contributed by atoms with Crippen LogP contribution in [0.1, 0.15) is 59.3 Å². The predicted octanol–water partition coefficient (Wildman–Crippen LogP) is 4.70. The molecule has 6 heteroatoms. The Morgan fingerprint density at radius 2 is 1.58 bits per heavy atom. The van der Waals surface area contributed by atoms with E-state index >= 15 is 0 Å². The molecular weight excluding hydrogens is 321 g/mol. The molecule has 4 rings (SSSR count). The first-order valence-corrected chi connectivity index (χ1v) is 9.07. The third-order valence-electron chi connectivity index (χ3n) is 6.55. The van der Waals surface area contributed by atoms with Gasteiger partial charge in [0.25, 0.3) is 0 Å². The van der Waals surface area contributed by atoms with E-state index in [0.717, 1.165) is 44.4 Å². The van der Waals surface area contributed by atoms with Crippen molar-refractivity contribution in [2.75, 3.05) is 0 Å². The maximum atomic E-state index is 13.2. The third-order valence-corrected chi connectivity index (χ3v) is 6.55. The van der Waals surface area contributed by atoms with E-state index in [1.54, 1.807) is 0 Å². The highest BCUT2D eigenvalue weighted by Crippen LogP contribution is 2.55. The molecule has 0 spiro atoms. The fraction of sp³-hybridized carbons (Fsp3) is 0.944. The van der Waals surface area contributed by atoms with Crippen molar-refractivity contribution in [1.82, 2.24) is 0 Å². The molecule has 0 aliphatic heterocycles. The Balaban J connectivity index is 1.60. The van der Waals surface area contributed by atoms with Crippen molar-refractivity contribution in [3.05, 3.63) is 0 Å². The summed E-state index contributed by atoms with van der Waals surface area (Å²) in [5.41, 5.74) is -2.48. The molecule has 4 saturated carbocycles. The number of rotatable bonds is 5. The molecule has 24 heavy (non-hydrogen) atoms. The van der Waals surface area contributed by atoms with Gasteiger partial charge < -0.3 is 9.47 Å². The SMILES string of the molecule is CCC(C)(C(=O)OC(C)OC1C2CC3CC(C2)CC1C3)C(F)(F)F. The lowest BCUT2D eigenvalue weighted by Gasteiger charge is -2.54. The van der Waals surface area contributed by atoms with Crippen LogP contribution < -0.4 is 0 Å². The predicted molar refractivity (Wildman–Crippen MR) is 81.9 cm³/mol. The topological polar surface area (TPSA) is 35.5 Å². The van der Waals surface area contributed by atoms with Crippen LogP contribution in [0, 0.1) is 29.1 Å². The Bertz CT molecular complexity index is 462. The highest BCUT2D eigenvalue weighted by molar-refractivity contribution is 5.77. The smallest absolute Gasteiger partial charge is 0.404 e. The van der Waals surface area contributed by atoms with Crippen LogP contribution in [0.25, 0.3) is 0 Å². The van der Waals surface area contributed by atoms with Crippen LogP contribution in [-0.2, 0) is 14.3 Å². The van der Waals surface area contributed by atoms with Crippen molar-refractivity contribution in [3.8, 4) is 0 Å². The number of esters is 1. The summed E-state index contributed by atoms with van der Waals surface area (Å²) in [4.78, 5) is 12.1. The van der Waals surface area contributed by atoms with Crippen molar-refractivity contribution < 1.29 is 27.4 Å². The molecule has 4 aliphatic carbocycles. The van der Waals surface area contributed by atoms with Gasteiger partial charge in [-0.1, -0.05) is 6.92 Å². The first-order chi connectivity index (χ1) is 11.1. The van der Waals surface area contributed by atoms with E-state index in [4.69, 9.17) is 9.47 Å². The summed E-state index contributed by atoms with van der Waals surface area (Å²) in [6.45, 7) is 3.78. The quantitative estimate of drug-likeness (QED) is 0.534. The van der Waals surface area contributed by atoms with Crippen LogP contribution in [-0.4, -0.2) is 24.5 Å². The zero-order valence-electron chi connectivity index (χ0n) is 14.6. The lowest BCUT2D eigenvalue weighted by atomic mass is 9.55. The Hall–Kier alpha value is -0.780. The van der Waals surface area contributed by atoms with E-state index in [-0.39, 0.29) is 12.5 Å². The summed E-state index contributed by atoms with van der Waals surface area (Å²) in [6.07, 6.45) is 0.0291. The minimum absolute atomic E-state index is 0.0272. The van der Waals surface area contributed by atoms with Crippen molar-refractivity contribution >= 4 is 5.97 Å². The van der Waals surface area contributed by atoms with Crippen LogP contribution in [0.4, 0.5) is 13.2 Å². The molecule has 0 radical (unpaired) electrons. The summed E-state index contributed by atoms with van der Waals surface area (Å²) >= 11 is 0. The average Bonchev–Trinajstić information content (AvgIpc) is 2.48. The van der Waals surface area contributed by atoms with Crippen LogP contribution in [0.2, 0.25) is 0 Å². The van der Waals surface area contributed by atoms with E-state index in [0.29, 0.717) is 11.8 Å². The monoisotopic (exact) mass is 348 g/mol. The largest absolute Gasteiger partial charge is 0.435 e. The summed E-state index contributed by atoms with van der Waals surface area (Å²) in [5, 5.41) is 0. The number of alkyl halides is 3. The fourth-order valence-corrected chi connectivity index (χ4v) is 5.09. The number of ether oxygens (including phenoxy) is 2. The highest BCUT2D eigenvalue weighted by atomic mass is 19.4. The second kappa shape index (κ2) is 6.19. The molecule has 0 N–H and O–H groups in total. The molecule has 4 fully saturated rings. The van der Waals surface area contributed by atoms with Gasteiger partial charge in [-0.3, -0.25) is 4.79 Å². The van der Waals surface area contributed by atoms with Gasteiger partial charge in [0.15, 0.2) is 11.7 Å². The fourth-order valence-electron chi connectivity index (χ4n) is 5.09. The van der Waals surface area contributed by atoms with E-state index in [2.05, 4.69) is 0 Å². The number of carbonyl (C=O) groups excluding carboxylic acids is 1. The lowest BCUT2D eigenvalue weighted by Crippen LogP contribution is -2.51. The molecule has 0 amide bonds. The van der Waals surface area contributed by atoms with Gasteiger partial charge in [-0.2, -0.15) is 13.2 Å². The van der Waals surface area contributed by atoms with Crippen molar-refractivity contribution in [2.24, 2.45) is 29.1 Å². The molecule has 0 saturated heterocycles. The van der Waals surface area contributed by atoms with Crippen molar-refractivity contribution in [3.63, 3.8) is 0 Å². The second-order valence-electron chi connectivity index (χ2n) is 8.19. The lowest BCUT2D eigenvalue weighted by molar-refractivity contribution is -0.255. The van der Waals surface area contributed by atoms with E-state index in [1.807, 2.05) is 0 Å². The van der Waals surface area contributed by atoms with Gasteiger partial charge in [0.1, 0.15) is 0 Å². The van der Waals surface area contributed by atoms with Gasteiger partial charge in [0.05, 0.1) is 6.10 Å². The molecule has 4 aliphatic rings. The minimum Gasteiger partial charge on any atom is -0.435 e. The van der Waals surface area contributed by atoms with Crippen LogP contribution in [0.15, 0.2) is 0 Å². The van der Waals surface area contributed by atoms with E-state index in [9.17, 15) is 18.0 Å². The van der Waals surface area contributed by atoms with Crippen LogP contribution >= 0.6 is 0 Å². The van der Waals surface area contributed by atoms with Gasteiger partial charge in [-0.05, 0) is 76.0 Å². The van der Waals surface area contributed by atoms with E-state index in [1.165, 1.54) is 20.3 Å². The van der Waals surface area contributed by atoms with Gasteiger partial charge in [-0.15, -0.1) is 0 Å². The van der Waals surface area contributed by atoms with Crippen LogP contribution in [0.5, 0.6) is 0 Å². The van der Waals surface area contributed by atoms with Crippen molar-refractivity contribution in [2.45, 2.75) is 77.9 Å². The second-order valence-corrected chi connectivity index (χ2v) is 8.19. The molecule has 138 valence electrons. The summed E-state index contributed by atoms with van der Waals surface area (Å²) < 4.78 is 50.5. The van der Waals surface area contributed by atoms with Gasteiger partial charge in [0.2, 0.25) is 0 Å². The summed E-state index contributed by atoms with van der Waals surface area (Å²) in [6, 6.07) is 0. The maximum absolute atomic E-state index is 13.2. The number of hydrogen-bond donors (Lipinski definition) is 0. The van der Waals surface area contributed by atoms with Gasteiger partial charge in [0, 0.05) is 0 Å². The Morgan fingerprint density at radius 3 is 2.00 bits per heavy atom. The van der Waals surface area contributed by atoms with Crippen LogP contribution in [0.3, 0.4) is 0 Å². The molecule has 0 aromatic carbocycles. The Kier molecular flexibility index (Phi) is 4.65. The van der Waals surface area contributed by atoms with E-state index < -0.39 is 23.9 Å². The molecule has 3 nitrogen and oxygen atoms in total. The summed E-state index contributed by atoms with van der Waals surface area (Å²) in [7, 11) is 0.